The molecule has 0 aliphatic carbocycles. The second-order valence-corrected chi connectivity index (χ2v) is 5.51. The van der Waals surface area contributed by atoms with Crippen LogP contribution in [-0.2, 0) is 17.9 Å². The van der Waals surface area contributed by atoms with E-state index in [9.17, 15) is 4.79 Å². The van der Waals surface area contributed by atoms with Crippen LogP contribution < -0.4 is 0 Å². The van der Waals surface area contributed by atoms with Crippen molar-refractivity contribution >= 4 is 5.97 Å². The number of benzene rings is 3. The molecule has 0 bridgehead atoms. The molecule has 0 aromatic heterocycles. The Hall–Kier alpha value is -2.91. The van der Waals surface area contributed by atoms with E-state index in [-0.39, 0.29) is 5.97 Å². The van der Waals surface area contributed by atoms with Crippen LogP contribution in [0.2, 0.25) is 0 Å². The van der Waals surface area contributed by atoms with Gasteiger partial charge < -0.3 is 4.84 Å². The van der Waals surface area contributed by atoms with Crippen molar-refractivity contribution < 1.29 is 9.63 Å². The summed E-state index contributed by atoms with van der Waals surface area (Å²) in [5.74, 6) is -0.345. The summed E-state index contributed by atoms with van der Waals surface area (Å²) < 4.78 is 0. The minimum absolute atomic E-state index is 0.345. The molecular formula is C21H19NO2. The topological polar surface area (TPSA) is 29.5 Å². The number of nitrogens with zero attached hydrogens (tertiary/aromatic N) is 1. The van der Waals surface area contributed by atoms with Gasteiger partial charge in [0.15, 0.2) is 0 Å². The van der Waals surface area contributed by atoms with Gasteiger partial charge in [-0.05, 0) is 23.3 Å². The van der Waals surface area contributed by atoms with Gasteiger partial charge in [-0.25, -0.2) is 4.79 Å². The van der Waals surface area contributed by atoms with Crippen LogP contribution in [0.1, 0.15) is 21.5 Å². The zero-order chi connectivity index (χ0) is 16.6. The first-order valence-corrected chi connectivity index (χ1v) is 7.91. The molecule has 3 heteroatoms. The SMILES string of the molecule is O=C(ON(Cc1ccccc1)Cc1ccccc1)c1ccccc1. The molecular weight excluding hydrogens is 298 g/mol. The lowest BCUT2D eigenvalue weighted by Gasteiger charge is -2.21. The van der Waals surface area contributed by atoms with Crippen molar-refractivity contribution in [1.82, 2.24) is 5.06 Å². The van der Waals surface area contributed by atoms with E-state index in [0.29, 0.717) is 18.7 Å². The second-order valence-electron chi connectivity index (χ2n) is 5.51. The second kappa shape index (κ2) is 8.09. The smallest absolute Gasteiger partial charge is 0.357 e. The molecule has 0 atom stereocenters. The Bertz CT molecular complexity index is 716. The van der Waals surface area contributed by atoms with Crippen molar-refractivity contribution in [2.75, 3.05) is 0 Å². The highest BCUT2D eigenvalue weighted by atomic mass is 16.7. The van der Waals surface area contributed by atoms with Crippen LogP contribution in [0.5, 0.6) is 0 Å². The molecule has 3 aromatic carbocycles. The third kappa shape index (κ3) is 4.54. The summed E-state index contributed by atoms with van der Waals surface area (Å²) in [6.45, 7) is 1.07. The van der Waals surface area contributed by atoms with Gasteiger partial charge in [0.25, 0.3) is 0 Å². The van der Waals surface area contributed by atoms with Gasteiger partial charge in [-0.1, -0.05) is 78.9 Å². The lowest BCUT2D eigenvalue weighted by atomic mass is 10.2. The summed E-state index contributed by atoms with van der Waals surface area (Å²) in [5.41, 5.74) is 2.73. The van der Waals surface area contributed by atoms with Crippen LogP contribution >= 0.6 is 0 Å². The van der Waals surface area contributed by atoms with E-state index in [0.717, 1.165) is 11.1 Å². The van der Waals surface area contributed by atoms with E-state index in [1.54, 1.807) is 17.2 Å². The third-order valence-electron chi connectivity index (χ3n) is 3.63. The maximum atomic E-state index is 12.4. The largest absolute Gasteiger partial charge is 0.363 e. The molecule has 0 spiro atoms. The van der Waals surface area contributed by atoms with E-state index >= 15 is 0 Å². The van der Waals surface area contributed by atoms with Gasteiger partial charge in [-0.2, -0.15) is 0 Å². The number of hydrogen-bond acceptors (Lipinski definition) is 3. The monoisotopic (exact) mass is 317 g/mol. The van der Waals surface area contributed by atoms with E-state index in [1.165, 1.54) is 0 Å². The van der Waals surface area contributed by atoms with Crippen molar-refractivity contribution in [1.29, 1.82) is 0 Å². The molecule has 0 unspecified atom stereocenters. The van der Waals surface area contributed by atoms with E-state index in [1.807, 2.05) is 78.9 Å². The average Bonchev–Trinajstić information content (AvgIpc) is 2.64. The van der Waals surface area contributed by atoms with Crippen molar-refractivity contribution in [2.24, 2.45) is 0 Å². The number of rotatable bonds is 6. The maximum absolute atomic E-state index is 12.4. The first-order valence-electron chi connectivity index (χ1n) is 7.91. The predicted molar refractivity (Wildman–Crippen MR) is 94.0 cm³/mol. The first-order chi connectivity index (χ1) is 11.8. The van der Waals surface area contributed by atoms with Gasteiger partial charge in [-0.15, -0.1) is 5.06 Å². The summed E-state index contributed by atoms with van der Waals surface area (Å²) in [7, 11) is 0. The number of carbonyl (C=O) groups excluding carboxylic acids is 1. The Kier molecular flexibility index (Phi) is 5.38. The molecule has 0 saturated heterocycles. The van der Waals surface area contributed by atoms with Gasteiger partial charge in [0.2, 0.25) is 0 Å². The van der Waals surface area contributed by atoms with E-state index < -0.39 is 0 Å². The lowest BCUT2D eigenvalue weighted by Crippen LogP contribution is -2.26. The molecule has 24 heavy (non-hydrogen) atoms. The fourth-order valence-electron chi connectivity index (χ4n) is 2.44. The summed E-state index contributed by atoms with van der Waals surface area (Å²) >= 11 is 0. The number of hydrogen-bond donors (Lipinski definition) is 0. The molecule has 0 radical (unpaired) electrons. The molecule has 0 aliphatic heterocycles. The van der Waals surface area contributed by atoms with Crippen LogP contribution in [0.4, 0.5) is 0 Å². The maximum Gasteiger partial charge on any atom is 0.357 e. The minimum Gasteiger partial charge on any atom is -0.363 e. The molecule has 0 amide bonds. The number of hydroxylamine groups is 2. The van der Waals surface area contributed by atoms with Crippen LogP contribution in [0, 0.1) is 0 Å². The normalized spacial score (nSPS) is 10.5. The minimum atomic E-state index is -0.345. The van der Waals surface area contributed by atoms with E-state index in [4.69, 9.17) is 4.84 Å². The van der Waals surface area contributed by atoms with Crippen molar-refractivity contribution in [2.45, 2.75) is 13.1 Å². The molecule has 3 rings (SSSR count). The Morgan fingerprint density at radius 2 is 1.08 bits per heavy atom. The molecule has 3 aromatic rings. The van der Waals surface area contributed by atoms with Crippen molar-refractivity contribution in [3.63, 3.8) is 0 Å². The van der Waals surface area contributed by atoms with Crippen LogP contribution in [-0.4, -0.2) is 11.0 Å². The summed E-state index contributed by atoms with van der Waals surface area (Å²) in [4.78, 5) is 18.0. The molecule has 0 aliphatic rings. The molecule has 0 N–H and O–H groups in total. The fourth-order valence-corrected chi connectivity index (χ4v) is 2.44. The van der Waals surface area contributed by atoms with Gasteiger partial charge in [0.1, 0.15) is 0 Å². The van der Waals surface area contributed by atoms with Crippen molar-refractivity contribution in [3.8, 4) is 0 Å². The lowest BCUT2D eigenvalue weighted by molar-refractivity contribution is -0.123. The standard InChI is InChI=1S/C21H19NO2/c23-21(20-14-8-3-9-15-20)24-22(16-18-10-4-1-5-11-18)17-19-12-6-2-7-13-19/h1-15H,16-17H2. The third-order valence-corrected chi connectivity index (χ3v) is 3.63. The Morgan fingerprint density at radius 3 is 1.54 bits per heavy atom. The zero-order valence-electron chi connectivity index (χ0n) is 13.3. The van der Waals surface area contributed by atoms with Gasteiger partial charge in [0.05, 0.1) is 18.7 Å². The summed E-state index contributed by atoms with van der Waals surface area (Å²) in [6.07, 6.45) is 0. The van der Waals surface area contributed by atoms with Crippen LogP contribution in [0.3, 0.4) is 0 Å². The van der Waals surface area contributed by atoms with Crippen LogP contribution in [0.15, 0.2) is 91.0 Å². The molecule has 0 fully saturated rings. The van der Waals surface area contributed by atoms with Gasteiger partial charge in [-0.3, -0.25) is 0 Å². The molecule has 0 heterocycles. The highest BCUT2D eigenvalue weighted by Crippen LogP contribution is 2.12. The predicted octanol–water partition coefficient (Wildman–Crippen LogP) is 4.46. The number of carbonyl (C=O) groups is 1. The fraction of sp³-hybridized carbons (Fsp3) is 0.0952. The molecule has 0 saturated carbocycles. The van der Waals surface area contributed by atoms with Crippen LogP contribution in [0.25, 0.3) is 0 Å². The Morgan fingerprint density at radius 1 is 0.667 bits per heavy atom. The summed E-state index contributed by atoms with van der Waals surface area (Å²) in [5, 5.41) is 1.69. The van der Waals surface area contributed by atoms with Gasteiger partial charge >= 0.3 is 5.97 Å². The highest BCUT2D eigenvalue weighted by molar-refractivity contribution is 5.89. The molecule has 3 nitrogen and oxygen atoms in total. The first kappa shape index (κ1) is 16.0. The zero-order valence-corrected chi connectivity index (χ0v) is 13.3. The quantitative estimate of drug-likeness (QED) is 0.629. The Balaban J connectivity index is 1.75. The Labute approximate surface area is 142 Å². The summed E-state index contributed by atoms with van der Waals surface area (Å²) in [6, 6.07) is 29.0. The molecule has 120 valence electrons. The van der Waals surface area contributed by atoms with Gasteiger partial charge in [0, 0.05) is 0 Å². The average molecular weight is 317 g/mol. The van der Waals surface area contributed by atoms with Crippen molar-refractivity contribution in [3.05, 3.63) is 108 Å². The van der Waals surface area contributed by atoms with E-state index in [2.05, 4.69) is 0 Å². The highest BCUT2D eigenvalue weighted by Gasteiger charge is 2.15.